The molecule has 0 radical (unpaired) electrons. The van der Waals surface area contributed by atoms with E-state index in [0.29, 0.717) is 11.8 Å². The first-order valence-corrected chi connectivity index (χ1v) is 10.3. The van der Waals surface area contributed by atoms with Gasteiger partial charge in [0.25, 0.3) is 0 Å². The molecule has 32 heavy (non-hydrogen) atoms. The van der Waals surface area contributed by atoms with Gasteiger partial charge in [-0.15, -0.1) is 5.10 Å². The van der Waals surface area contributed by atoms with E-state index < -0.39 is 0 Å². The maximum absolute atomic E-state index is 5.68. The molecule has 4 heterocycles. The van der Waals surface area contributed by atoms with Crippen LogP contribution in [0.3, 0.4) is 0 Å². The highest BCUT2D eigenvalue weighted by Gasteiger charge is 2.14. The molecular formula is C22H23N9O. The molecule has 0 bridgehead atoms. The molecule has 10 heteroatoms. The fourth-order valence-corrected chi connectivity index (χ4v) is 3.50. The van der Waals surface area contributed by atoms with Gasteiger partial charge in [-0.1, -0.05) is 12.1 Å². The van der Waals surface area contributed by atoms with E-state index in [0.717, 1.165) is 54.6 Å². The smallest absolute Gasteiger partial charge is 0.225 e. The number of hydrogen-bond acceptors (Lipinski definition) is 9. The van der Waals surface area contributed by atoms with Crippen LogP contribution in [0.4, 0.5) is 23.4 Å². The number of nitrogen functional groups attached to an aromatic ring is 1. The van der Waals surface area contributed by atoms with E-state index in [1.54, 1.807) is 10.9 Å². The highest BCUT2D eigenvalue weighted by Crippen LogP contribution is 2.24. The average Bonchev–Trinajstić information content (AvgIpc) is 3.20. The average molecular weight is 429 g/mol. The number of hydrogen-bond donors (Lipinski definition) is 2. The Morgan fingerprint density at radius 2 is 1.72 bits per heavy atom. The van der Waals surface area contributed by atoms with Gasteiger partial charge < -0.3 is 20.7 Å². The second kappa shape index (κ2) is 8.60. The highest BCUT2D eigenvalue weighted by molar-refractivity contribution is 5.66. The summed E-state index contributed by atoms with van der Waals surface area (Å²) in [7, 11) is 1.85. The Labute approximate surface area is 185 Å². The number of aromatic nitrogens is 6. The Morgan fingerprint density at radius 1 is 0.938 bits per heavy atom. The van der Waals surface area contributed by atoms with Crippen molar-refractivity contribution in [2.45, 2.75) is 0 Å². The largest absolute Gasteiger partial charge is 0.378 e. The highest BCUT2D eigenvalue weighted by atomic mass is 16.5. The number of rotatable bonds is 5. The maximum Gasteiger partial charge on any atom is 0.225 e. The van der Waals surface area contributed by atoms with Crippen molar-refractivity contribution in [3.8, 4) is 22.6 Å². The number of aryl methyl sites for hydroxylation is 1. The van der Waals surface area contributed by atoms with Crippen LogP contribution in [0.1, 0.15) is 0 Å². The van der Waals surface area contributed by atoms with E-state index >= 15 is 0 Å². The van der Waals surface area contributed by atoms with Crippen molar-refractivity contribution in [3.63, 3.8) is 0 Å². The molecule has 162 valence electrons. The zero-order valence-electron chi connectivity index (χ0n) is 17.6. The molecule has 0 atom stereocenters. The topological polar surface area (TPSA) is 120 Å². The fourth-order valence-electron chi connectivity index (χ4n) is 3.50. The van der Waals surface area contributed by atoms with E-state index in [2.05, 4.69) is 35.3 Å². The molecular weight excluding hydrogens is 406 g/mol. The molecule has 1 aliphatic heterocycles. The van der Waals surface area contributed by atoms with E-state index in [4.69, 9.17) is 10.5 Å². The van der Waals surface area contributed by atoms with Gasteiger partial charge in [0.05, 0.1) is 18.9 Å². The van der Waals surface area contributed by atoms with E-state index in [-0.39, 0.29) is 5.95 Å². The minimum atomic E-state index is 0.254. The Bertz CT molecular complexity index is 1200. The van der Waals surface area contributed by atoms with Crippen LogP contribution >= 0.6 is 0 Å². The number of pyridine rings is 1. The molecule has 4 aromatic rings. The molecule has 10 nitrogen and oxygen atoms in total. The molecule has 0 aliphatic carbocycles. The first kappa shape index (κ1) is 19.9. The molecule has 3 N–H and O–H groups in total. The quantitative estimate of drug-likeness (QED) is 0.493. The van der Waals surface area contributed by atoms with Crippen molar-refractivity contribution in [3.05, 3.63) is 54.9 Å². The lowest BCUT2D eigenvalue weighted by Gasteiger charge is -2.27. The molecule has 3 aromatic heterocycles. The lowest BCUT2D eigenvalue weighted by Crippen LogP contribution is -2.36. The minimum Gasteiger partial charge on any atom is -0.378 e. The third-order valence-corrected chi connectivity index (χ3v) is 5.22. The lowest BCUT2D eigenvalue weighted by atomic mass is 10.1. The van der Waals surface area contributed by atoms with Crippen molar-refractivity contribution in [1.82, 2.24) is 29.7 Å². The first-order valence-electron chi connectivity index (χ1n) is 10.3. The zero-order chi connectivity index (χ0) is 21.9. The van der Waals surface area contributed by atoms with Gasteiger partial charge in [0, 0.05) is 49.3 Å². The number of nitrogens with zero attached hydrogens (tertiary/aromatic N) is 7. The van der Waals surface area contributed by atoms with Crippen molar-refractivity contribution in [1.29, 1.82) is 0 Å². The molecule has 1 saturated heterocycles. The monoisotopic (exact) mass is 429 g/mol. The molecule has 1 aromatic carbocycles. The second-order valence-corrected chi connectivity index (χ2v) is 7.39. The summed E-state index contributed by atoms with van der Waals surface area (Å²) in [5.74, 6) is 2.45. The second-order valence-electron chi connectivity index (χ2n) is 7.39. The number of anilines is 4. The third-order valence-electron chi connectivity index (χ3n) is 5.22. The van der Waals surface area contributed by atoms with Gasteiger partial charge >= 0.3 is 0 Å². The van der Waals surface area contributed by atoms with Crippen LogP contribution in [0.2, 0.25) is 0 Å². The van der Waals surface area contributed by atoms with Gasteiger partial charge in [0.15, 0.2) is 5.82 Å². The van der Waals surface area contributed by atoms with E-state index in [1.165, 1.54) is 0 Å². The molecule has 1 aliphatic rings. The molecule has 5 rings (SSSR count). The van der Waals surface area contributed by atoms with Crippen LogP contribution in [0, 0.1) is 0 Å². The number of nitrogens with two attached hydrogens (primary N) is 1. The summed E-state index contributed by atoms with van der Waals surface area (Å²) in [6.07, 6.45) is 3.46. The van der Waals surface area contributed by atoms with Crippen molar-refractivity contribution >= 4 is 23.4 Å². The Balaban J connectivity index is 1.30. The number of ether oxygens (including phenoxy) is 1. The molecule has 0 unspecified atom stereocenters. The van der Waals surface area contributed by atoms with Gasteiger partial charge in [-0.25, -0.2) is 19.6 Å². The Kier molecular flexibility index (Phi) is 5.34. The van der Waals surface area contributed by atoms with E-state index in [1.807, 2.05) is 55.7 Å². The number of morpholine rings is 1. The van der Waals surface area contributed by atoms with Gasteiger partial charge in [-0.2, -0.15) is 4.98 Å². The minimum absolute atomic E-state index is 0.254. The first-order chi connectivity index (χ1) is 15.7. The Morgan fingerprint density at radius 3 is 2.44 bits per heavy atom. The van der Waals surface area contributed by atoms with Crippen LogP contribution in [0.15, 0.2) is 54.9 Å². The van der Waals surface area contributed by atoms with Crippen LogP contribution in [0.5, 0.6) is 0 Å². The van der Waals surface area contributed by atoms with Gasteiger partial charge in [-0.3, -0.25) is 0 Å². The lowest BCUT2D eigenvalue weighted by molar-refractivity contribution is 0.122. The van der Waals surface area contributed by atoms with Gasteiger partial charge in [0.2, 0.25) is 11.9 Å². The summed E-state index contributed by atoms with van der Waals surface area (Å²) in [4.78, 5) is 19.6. The predicted octanol–water partition coefficient (Wildman–Crippen LogP) is 2.50. The summed E-state index contributed by atoms with van der Waals surface area (Å²) in [6.45, 7) is 3.17. The van der Waals surface area contributed by atoms with Crippen molar-refractivity contribution < 1.29 is 4.74 Å². The summed E-state index contributed by atoms with van der Waals surface area (Å²) < 4.78 is 7.12. The summed E-state index contributed by atoms with van der Waals surface area (Å²) in [6, 6.07) is 13.7. The van der Waals surface area contributed by atoms with Crippen molar-refractivity contribution in [2.75, 3.05) is 42.3 Å². The van der Waals surface area contributed by atoms with E-state index in [9.17, 15) is 0 Å². The van der Waals surface area contributed by atoms with Crippen LogP contribution in [-0.2, 0) is 11.8 Å². The summed E-state index contributed by atoms with van der Waals surface area (Å²) in [5, 5.41) is 7.84. The Hall–Kier alpha value is -4.05. The van der Waals surface area contributed by atoms with Gasteiger partial charge in [-0.05, 0) is 30.3 Å². The van der Waals surface area contributed by atoms with Crippen LogP contribution < -0.4 is 16.0 Å². The fraction of sp³-hybridized carbons (Fsp3) is 0.227. The summed E-state index contributed by atoms with van der Waals surface area (Å²) in [5.41, 5.74) is 9.16. The standard InChI is InChI=1S/C22H23N9O/c1-30-22(26-17-5-2-15(3-6-17)18-8-9-24-21(23)27-18)28-20(29-30)16-4-7-19(25-14-16)31-10-12-32-13-11-31/h2-9,14H,10-13H2,1H3,(H2,23,24,27)(H,26,28,29). The van der Waals surface area contributed by atoms with Crippen LogP contribution in [0.25, 0.3) is 22.6 Å². The number of nitrogens with one attached hydrogen (secondary N) is 1. The third kappa shape index (κ3) is 4.21. The molecule has 0 saturated carbocycles. The molecule has 0 amide bonds. The molecule has 1 fully saturated rings. The van der Waals surface area contributed by atoms with Crippen molar-refractivity contribution in [2.24, 2.45) is 7.05 Å². The number of benzene rings is 1. The summed E-state index contributed by atoms with van der Waals surface area (Å²) >= 11 is 0. The molecule has 0 spiro atoms. The zero-order valence-corrected chi connectivity index (χ0v) is 17.6. The SMILES string of the molecule is Cn1nc(-c2ccc(N3CCOCC3)nc2)nc1Nc1ccc(-c2ccnc(N)n2)cc1. The predicted molar refractivity (Wildman–Crippen MR) is 122 cm³/mol. The normalized spacial score (nSPS) is 13.8. The van der Waals surface area contributed by atoms with Crippen LogP contribution in [-0.4, -0.2) is 56.0 Å². The maximum atomic E-state index is 5.68. The van der Waals surface area contributed by atoms with Gasteiger partial charge in [0.1, 0.15) is 5.82 Å².